The molecule has 0 aliphatic rings. The number of halogens is 3. The highest BCUT2D eigenvalue weighted by Crippen LogP contribution is 2.26. The van der Waals surface area contributed by atoms with Crippen LogP contribution in [0.25, 0.3) is 0 Å². The molecule has 4 nitrogen and oxygen atoms in total. The van der Waals surface area contributed by atoms with Crippen LogP contribution in [-0.4, -0.2) is 28.3 Å². The van der Waals surface area contributed by atoms with Crippen molar-refractivity contribution in [2.24, 2.45) is 0 Å². The standard InChI is InChI=1S/C11H9BrF2O4/c1-5(12)9(15)6-3-2-4-7(18-11(13)14)8(6)10(16)17/h2-5,11H,1H3,(H,16,17). The molecule has 98 valence electrons. The summed E-state index contributed by atoms with van der Waals surface area (Å²) >= 11 is 3.00. The average molecular weight is 323 g/mol. The van der Waals surface area contributed by atoms with Gasteiger partial charge in [-0.05, 0) is 13.0 Å². The molecule has 1 rings (SSSR count). The van der Waals surface area contributed by atoms with Gasteiger partial charge in [0.2, 0.25) is 0 Å². The number of aromatic carboxylic acids is 1. The maximum Gasteiger partial charge on any atom is 0.387 e. The highest BCUT2D eigenvalue weighted by Gasteiger charge is 2.24. The van der Waals surface area contributed by atoms with Crippen molar-refractivity contribution in [2.45, 2.75) is 18.4 Å². The number of carbonyl (C=O) groups excluding carboxylic acids is 1. The number of Topliss-reactive ketones (excluding diaryl/α,β-unsaturated/α-hetero) is 1. The summed E-state index contributed by atoms with van der Waals surface area (Å²) in [5.41, 5.74) is -0.737. The summed E-state index contributed by atoms with van der Waals surface area (Å²) in [5.74, 6) is -2.55. The van der Waals surface area contributed by atoms with Crippen LogP contribution >= 0.6 is 15.9 Å². The van der Waals surface area contributed by atoms with Crippen molar-refractivity contribution in [2.75, 3.05) is 0 Å². The SMILES string of the molecule is CC(Br)C(=O)c1cccc(OC(F)F)c1C(=O)O. The second-order valence-electron chi connectivity index (χ2n) is 3.34. The number of rotatable bonds is 5. The molecule has 0 aromatic heterocycles. The first-order chi connectivity index (χ1) is 8.34. The average Bonchev–Trinajstić information content (AvgIpc) is 2.26. The van der Waals surface area contributed by atoms with Crippen LogP contribution in [-0.2, 0) is 0 Å². The lowest BCUT2D eigenvalue weighted by Gasteiger charge is -2.12. The molecule has 1 N–H and O–H groups in total. The van der Waals surface area contributed by atoms with E-state index in [1.54, 1.807) is 0 Å². The van der Waals surface area contributed by atoms with Gasteiger partial charge in [-0.3, -0.25) is 4.79 Å². The summed E-state index contributed by atoms with van der Waals surface area (Å²) in [5, 5.41) is 9.00. The van der Waals surface area contributed by atoms with E-state index in [1.807, 2.05) is 0 Å². The molecule has 7 heteroatoms. The number of carboxylic acids is 1. The van der Waals surface area contributed by atoms with Crippen molar-refractivity contribution in [1.29, 1.82) is 0 Å². The molecule has 0 amide bonds. The summed E-state index contributed by atoms with van der Waals surface area (Å²) in [6, 6.07) is 3.61. The molecule has 1 aromatic rings. The van der Waals surface area contributed by atoms with Crippen molar-refractivity contribution in [1.82, 2.24) is 0 Å². The molecule has 1 atom stereocenters. The number of ether oxygens (including phenoxy) is 1. The van der Waals surface area contributed by atoms with Gasteiger partial charge in [0, 0.05) is 5.56 Å². The second kappa shape index (κ2) is 5.90. The van der Waals surface area contributed by atoms with Gasteiger partial charge in [-0.1, -0.05) is 28.1 Å². The predicted molar refractivity (Wildman–Crippen MR) is 62.8 cm³/mol. The zero-order valence-electron chi connectivity index (χ0n) is 9.19. The van der Waals surface area contributed by atoms with Gasteiger partial charge in [0.1, 0.15) is 11.3 Å². The molecular formula is C11H9BrF2O4. The van der Waals surface area contributed by atoms with Crippen LogP contribution in [0.3, 0.4) is 0 Å². The smallest absolute Gasteiger partial charge is 0.387 e. The Morgan fingerprint density at radius 2 is 2.00 bits per heavy atom. The first-order valence-electron chi connectivity index (χ1n) is 4.84. The second-order valence-corrected chi connectivity index (χ2v) is 4.72. The molecule has 0 radical (unpaired) electrons. The van der Waals surface area contributed by atoms with Crippen LogP contribution in [0.4, 0.5) is 8.78 Å². The van der Waals surface area contributed by atoms with E-state index in [1.165, 1.54) is 19.1 Å². The van der Waals surface area contributed by atoms with E-state index in [4.69, 9.17) is 5.11 Å². The van der Waals surface area contributed by atoms with Crippen LogP contribution in [0.15, 0.2) is 18.2 Å². The van der Waals surface area contributed by atoms with Crippen molar-refractivity contribution >= 4 is 27.7 Å². The number of hydrogen-bond donors (Lipinski definition) is 1. The van der Waals surface area contributed by atoms with Crippen molar-refractivity contribution < 1.29 is 28.2 Å². The third-order valence-electron chi connectivity index (χ3n) is 2.08. The molecule has 1 unspecified atom stereocenters. The monoisotopic (exact) mass is 322 g/mol. The van der Waals surface area contributed by atoms with Crippen molar-refractivity contribution in [3.63, 3.8) is 0 Å². The highest BCUT2D eigenvalue weighted by molar-refractivity contribution is 9.10. The van der Waals surface area contributed by atoms with Gasteiger partial charge in [0.05, 0.1) is 4.83 Å². The highest BCUT2D eigenvalue weighted by atomic mass is 79.9. The molecule has 18 heavy (non-hydrogen) atoms. The maximum atomic E-state index is 12.1. The van der Waals surface area contributed by atoms with E-state index >= 15 is 0 Å². The van der Waals surface area contributed by atoms with Gasteiger partial charge in [-0.15, -0.1) is 0 Å². The Morgan fingerprint density at radius 1 is 1.39 bits per heavy atom. The third kappa shape index (κ3) is 3.25. The van der Waals surface area contributed by atoms with E-state index in [9.17, 15) is 18.4 Å². The fourth-order valence-corrected chi connectivity index (χ4v) is 1.61. The van der Waals surface area contributed by atoms with Gasteiger partial charge >= 0.3 is 12.6 Å². The fraction of sp³-hybridized carbons (Fsp3) is 0.273. The predicted octanol–water partition coefficient (Wildman–Crippen LogP) is 2.95. The summed E-state index contributed by atoms with van der Waals surface area (Å²) in [7, 11) is 0. The number of carbonyl (C=O) groups is 2. The van der Waals surface area contributed by atoms with E-state index in [2.05, 4.69) is 20.7 Å². The molecule has 0 aliphatic carbocycles. The molecule has 0 spiro atoms. The van der Waals surface area contributed by atoms with E-state index in [0.29, 0.717) is 0 Å². The molecule has 0 fully saturated rings. The number of carboxylic acid groups (broad SMARTS) is 1. The lowest BCUT2D eigenvalue weighted by atomic mass is 10.0. The van der Waals surface area contributed by atoms with E-state index < -0.39 is 34.5 Å². The summed E-state index contributed by atoms with van der Waals surface area (Å²) < 4.78 is 28.4. The number of benzene rings is 1. The molecule has 0 heterocycles. The first kappa shape index (κ1) is 14.6. The van der Waals surface area contributed by atoms with E-state index in [-0.39, 0.29) is 5.56 Å². The molecule has 1 aromatic carbocycles. The summed E-state index contributed by atoms with van der Waals surface area (Å²) in [4.78, 5) is 22.2. The lowest BCUT2D eigenvalue weighted by Crippen LogP contribution is -2.17. The van der Waals surface area contributed by atoms with Gasteiger partial charge in [0.25, 0.3) is 0 Å². The molecule has 0 bridgehead atoms. The van der Waals surface area contributed by atoms with Crippen molar-refractivity contribution in [3.05, 3.63) is 29.3 Å². The molecule has 0 saturated carbocycles. The van der Waals surface area contributed by atoms with Gasteiger partial charge in [-0.25, -0.2) is 4.79 Å². The minimum Gasteiger partial charge on any atom is -0.478 e. The van der Waals surface area contributed by atoms with Gasteiger partial charge < -0.3 is 9.84 Å². The summed E-state index contributed by atoms with van der Waals surface area (Å²) in [6.45, 7) is -1.65. The lowest BCUT2D eigenvalue weighted by molar-refractivity contribution is -0.0503. The number of ketones is 1. The maximum absolute atomic E-state index is 12.1. The Balaban J connectivity index is 3.35. The quantitative estimate of drug-likeness (QED) is 0.668. The van der Waals surface area contributed by atoms with Crippen LogP contribution in [0.2, 0.25) is 0 Å². The largest absolute Gasteiger partial charge is 0.478 e. The minimum absolute atomic E-state index is 0.176. The van der Waals surface area contributed by atoms with E-state index in [0.717, 1.165) is 6.07 Å². The topological polar surface area (TPSA) is 63.6 Å². The normalized spacial score (nSPS) is 12.3. The first-order valence-corrected chi connectivity index (χ1v) is 5.75. The van der Waals surface area contributed by atoms with Crippen molar-refractivity contribution in [3.8, 4) is 5.75 Å². The number of alkyl halides is 3. The van der Waals surface area contributed by atoms with Crippen LogP contribution in [0.1, 0.15) is 27.6 Å². The zero-order valence-corrected chi connectivity index (χ0v) is 10.8. The Labute approximate surface area is 110 Å². The van der Waals surface area contributed by atoms with Gasteiger partial charge in [-0.2, -0.15) is 8.78 Å². The Bertz CT molecular complexity index is 474. The van der Waals surface area contributed by atoms with Crippen LogP contribution < -0.4 is 4.74 Å². The van der Waals surface area contributed by atoms with Gasteiger partial charge in [0.15, 0.2) is 5.78 Å². The third-order valence-corrected chi connectivity index (χ3v) is 2.50. The molecule has 0 saturated heterocycles. The minimum atomic E-state index is -3.16. The van der Waals surface area contributed by atoms with Crippen LogP contribution in [0, 0.1) is 0 Å². The van der Waals surface area contributed by atoms with Crippen LogP contribution in [0.5, 0.6) is 5.75 Å². The Kier molecular flexibility index (Phi) is 4.77. The Hall–Kier alpha value is -1.50. The Morgan fingerprint density at radius 3 is 2.44 bits per heavy atom. The summed E-state index contributed by atoms with van der Waals surface area (Å²) in [6.07, 6.45) is 0. The number of hydrogen-bond acceptors (Lipinski definition) is 3. The zero-order chi connectivity index (χ0) is 13.9. The molecule has 0 aliphatic heterocycles. The molecular weight excluding hydrogens is 314 g/mol. The fourth-order valence-electron chi connectivity index (χ4n) is 1.37.